The first-order valence-electron chi connectivity index (χ1n) is 9.55. The Morgan fingerprint density at radius 2 is 1.93 bits per heavy atom. The molecule has 1 atom stereocenters. The maximum absolute atomic E-state index is 15.2. The molecule has 1 aliphatic heterocycles. The van der Waals surface area contributed by atoms with Crippen LogP contribution in [0.25, 0.3) is 11.1 Å². The fourth-order valence-corrected chi connectivity index (χ4v) is 4.21. The number of hydrogen-bond acceptors (Lipinski definition) is 1. The third kappa shape index (κ3) is 3.68. The van der Waals surface area contributed by atoms with Gasteiger partial charge in [-0.3, -0.25) is 0 Å². The van der Waals surface area contributed by atoms with Crippen LogP contribution in [0.4, 0.5) is 13.6 Å². The van der Waals surface area contributed by atoms with Gasteiger partial charge in [0.1, 0.15) is 12.5 Å². The van der Waals surface area contributed by atoms with Crippen molar-refractivity contribution in [2.24, 2.45) is 5.41 Å². The van der Waals surface area contributed by atoms with Crippen LogP contribution in [0.5, 0.6) is 0 Å². The van der Waals surface area contributed by atoms with Crippen molar-refractivity contribution in [3.63, 3.8) is 0 Å². The lowest BCUT2D eigenvalue weighted by molar-refractivity contribution is 0.189. The Kier molecular flexibility index (Phi) is 4.85. The zero-order valence-electron chi connectivity index (χ0n) is 15.3. The number of urea groups is 1. The van der Waals surface area contributed by atoms with Crippen molar-refractivity contribution < 1.29 is 13.6 Å². The summed E-state index contributed by atoms with van der Waals surface area (Å²) in [5.74, 6) is -0.218. The number of nitrogens with zero attached hydrogens (tertiary/aromatic N) is 1. The summed E-state index contributed by atoms with van der Waals surface area (Å²) in [5.41, 5.74) is 2.26. The van der Waals surface area contributed by atoms with Crippen LogP contribution in [-0.2, 0) is 6.42 Å². The zero-order valence-corrected chi connectivity index (χ0v) is 15.3. The first-order valence-corrected chi connectivity index (χ1v) is 9.55. The molecule has 5 heteroatoms. The van der Waals surface area contributed by atoms with Crippen LogP contribution in [0.3, 0.4) is 0 Å². The highest BCUT2D eigenvalue weighted by molar-refractivity contribution is 5.75. The Labute approximate surface area is 158 Å². The highest BCUT2D eigenvalue weighted by atomic mass is 19.1. The number of benzene rings is 2. The number of carbonyl (C=O) groups excluding carboxylic acids is 1. The van der Waals surface area contributed by atoms with Crippen molar-refractivity contribution in [3.05, 3.63) is 59.9 Å². The molecule has 0 radical (unpaired) electrons. The van der Waals surface area contributed by atoms with Gasteiger partial charge in [0.2, 0.25) is 0 Å². The highest BCUT2D eigenvalue weighted by Crippen LogP contribution is 2.55. The van der Waals surface area contributed by atoms with Gasteiger partial charge in [-0.15, -0.1) is 0 Å². The quantitative estimate of drug-likeness (QED) is 0.822. The van der Waals surface area contributed by atoms with Gasteiger partial charge in [0, 0.05) is 24.7 Å². The molecule has 1 saturated heterocycles. The van der Waals surface area contributed by atoms with E-state index in [2.05, 4.69) is 5.32 Å². The Morgan fingerprint density at radius 1 is 1.15 bits per heavy atom. The van der Waals surface area contributed by atoms with E-state index in [4.69, 9.17) is 0 Å². The summed E-state index contributed by atoms with van der Waals surface area (Å²) in [6.45, 7) is 0.131. The van der Waals surface area contributed by atoms with Gasteiger partial charge in [0.15, 0.2) is 0 Å². The van der Waals surface area contributed by atoms with Gasteiger partial charge in [0.05, 0.1) is 0 Å². The molecular weight excluding hydrogens is 346 g/mol. The number of rotatable bonds is 5. The van der Waals surface area contributed by atoms with E-state index >= 15 is 4.39 Å². The van der Waals surface area contributed by atoms with Gasteiger partial charge in [0.25, 0.3) is 0 Å². The monoisotopic (exact) mass is 370 g/mol. The molecule has 4 rings (SSSR count). The van der Waals surface area contributed by atoms with Gasteiger partial charge >= 0.3 is 6.03 Å². The summed E-state index contributed by atoms with van der Waals surface area (Å²) < 4.78 is 27.6. The molecular formula is C22H24F2N2O. The maximum atomic E-state index is 15.2. The van der Waals surface area contributed by atoms with Crippen LogP contribution in [0.2, 0.25) is 0 Å². The molecule has 0 unspecified atom stereocenters. The van der Waals surface area contributed by atoms with Crippen LogP contribution in [0.1, 0.15) is 24.8 Å². The summed E-state index contributed by atoms with van der Waals surface area (Å²) in [7, 11) is 0. The van der Waals surface area contributed by atoms with Gasteiger partial charge in [-0.25, -0.2) is 13.6 Å². The molecule has 3 nitrogen and oxygen atoms in total. The Morgan fingerprint density at radius 3 is 2.63 bits per heavy atom. The predicted molar refractivity (Wildman–Crippen MR) is 102 cm³/mol. The summed E-state index contributed by atoms with van der Waals surface area (Å²) in [6.07, 6.45) is 3.61. The zero-order chi connectivity index (χ0) is 18.9. The molecule has 1 spiro atoms. The topological polar surface area (TPSA) is 32.3 Å². The summed E-state index contributed by atoms with van der Waals surface area (Å²) >= 11 is 0. The van der Waals surface area contributed by atoms with Crippen LogP contribution < -0.4 is 5.32 Å². The van der Waals surface area contributed by atoms with Gasteiger partial charge in [-0.1, -0.05) is 48.5 Å². The van der Waals surface area contributed by atoms with E-state index in [9.17, 15) is 9.18 Å². The largest absolute Gasteiger partial charge is 0.335 e. The average molecular weight is 370 g/mol. The molecule has 1 N–H and O–H groups in total. The minimum Gasteiger partial charge on any atom is -0.335 e. The SMILES string of the molecule is O=C(NCCF)N1CC2(CC2)C[C@@H]1Cc1cccc(-c2ccccc2)c1F. The van der Waals surface area contributed by atoms with E-state index in [1.54, 1.807) is 17.0 Å². The van der Waals surface area contributed by atoms with Crippen LogP contribution in [0, 0.1) is 11.2 Å². The lowest BCUT2D eigenvalue weighted by Crippen LogP contribution is -2.44. The van der Waals surface area contributed by atoms with Gasteiger partial charge in [-0.05, 0) is 42.2 Å². The predicted octanol–water partition coefficient (Wildman–Crippen LogP) is 4.57. The second kappa shape index (κ2) is 7.29. The molecule has 142 valence electrons. The number of halogens is 2. The van der Waals surface area contributed by atoms with Crippen LogP contribution in [-0.4, -0.2) is 36.7 Å². The number of likely N-dealkylation sites (tertiary alicyclic amines) is 1. The normalized spacial score (nSPS) is 20.1. The molecule has 2 fully saturated rings. The van der Waals surface area contributed by atoms with Crippen LogP contribution in [0.15, 0.2) is 48.5 Å². The van der Waals surface area contributed by atoms with Gasteiger partial charge in [-0.2, -0.15) is 0 Å². The smallest absolute Gasteiger partial charge is 0.317 e. The molecule has 27 heavy (non-hydrogen) atoms. The minimum atomic E-state index is -0.580. The second-order valence-corrected chi connectivity index (χ2v) is 7.76. The molecule has 2 amide bonds. The molecule has 0 bridgehead atoms. The molecule has 1 saturated carbocycles. The van der Waals surface area contributed by atoms with Crippen molar-refractivity contribution in [1.82, 2.24) is 10.2 Å². The Hall–Kier alpha value is -2.43. The van der Waals surface area contributed by atoms with E-state index in [0.717, 1.165) is 24.8 Å². The molecule has 2 aromatic rings. The second-order valence-electron chi connectivity index (χ2n) is 7.76. The first-order chi connectivity index (χ1) is 13.1. The molecule has 1 heterocycles. The Balaban J connectivity index is 1.56. The lowest BCUT2D eigenvalue weighted by atomic mass is 9.95. The number of carbonyl (C=O) groups is 1. The summed E-state index contributed by atoms with van der Waals surface area (Å²) in [4.78, 5) is 14.2. The van der Waals surface area contributed by atoms with E-state index < -0.39 is 6.67 Å². The van der Waals surface area contributed by atoms with Crippen molar-refractivity contribution in [1.29, 1.82) is 0 Å². The Bertz CT molecular complexity index is 820. The van der Waals surface area contributed by atoms with Crippen LogP contribution >= 0.6 is 0 Å². The first kappa shape index (κ1) is 18.0. The fourth-order valence-electron chi connectivity index (χ4n) is 4.21. The van der Waals surface area contributed by atoms with E-state index in [-0.39, 0.29) is 29.8 Å². The third-order valence-corrected chi connectivity index (χ3v) is 5.82. The average Bonchev–Trinajstić information content (AvgIpc) is 3.35. The summed E-state index contributed by atoms with van der Waals surface area (Å²) in [6, 6.07) is 14.7. The summed E-state index contributed by atoms with van der Waals surface area (Å²) in [5, 5.41) is 2.63. The molecule has 1 aliphatic carbocycles. The maximum Gasteiger partial charge on any atom is 0.317 e. The van der Waals surface area contributed by atoms with E-state index in [1.165, 1.54) is 0 Å². The van der Waals surface area contributed by atoms with E-state index in [0.29, 0.717) is 24.1 Å². The minimum absolute atomic E-state index is 0.0207. The number of amides is 2. The third-order valence-electron chi connectivity index (χ3n) is 5.82. The van der Waals surface area contributed by atoms with Crippen molar-refractivity contribution in [2.45, 2.75) is 31.7 Å². The van der Waals surface area contributed by atoms with E-state index in [1.807, 2.05) is 36.4 Å². The van der Waals surface area contributed by atoms with Crippen molar-refractivity contribution in [2.75, 3.05) is 19.8 Å². The molecule has 2 aliphatic rings. The van der Waals surface area contributed by atoms with Crippen molar-refractivity contribution >= 4 is 6.03 Å². The number of alkyl halides is 1. The lowest BCUT2D eigenvalue weighted by Gasteiger charge is -2.25. The molecule has 0 aromatic heterocycles. The number of nitrogens with one attached hydrogen (secondary N) is 1. The molecule has 2 aromatic carbocycles. The van der Waals surface area contributed by atoms with Gasteiger partial charge < -0.3 is 10.2 Å². The van der Waals surface area contributed by atoms with Crippen molar-refractivity contribution in [3.8, 4) is 11.1 Å². The highest BCUT2D eigenvalue weighted by Gasteiger charge is 2.53. The fraction of sp³-hybridized carbons (Fsp3) is 0.409. The standard InChI is InChI=1S/C22H24F2N2O/c23-11-12-25-21(27)26-15-22(9-10-22)14-18(26)13-17-7-4-8-19(20(17)24)16-5-2-1-3-6-16/h1-8,18H,9-15H2,(H,25,27)/t18-/m0/s1. The number of hydrogen-bond donors (Lipinski definition) is 1.